The normalized spacial score (nSPS) is 13.8. The Kier molecular flexibility index (Phi) is 7.06. The van der Waals surface area contributed by atoms with E-state index in [1.54, 1.807) is 48.5 Å². The number of ether oxygens (including phenoxy) is 3. The van der Waals surface area contributed by atoms with Gasteiger partial charge in [-0.3, -0.25) is 4.79 Å². The highest BCUT2D eigenvalue weighted by Crippen LogP contribution is 2.31. The zero-order valence-corrected chi connectivity index (χ0v) is 19.2. The number of esters is 3. The van der Waals surface area contributed by atoms with E-state index in [2.05, 4.69) is 5.10 Å². The number of nitrogens with zero attached hydrogens (tertiary/aromatic N) is 2. The molecule has 8 nitrogen and oxygen atoms in total. The first-order valence-corrected chi connectivity index (χ1v) is 11.2. The number of hydrogen-bond acceptors (Lipinski definition) is 7. The van der Waals surface area contributed by atoms with Crippen LogP contribution in [-0.4, -0.2) is 41.9 Å². The first kappa shape index (κ1) is 23.2. The average molecular weight is 463 g/mol. The topological polar surface area (TPSA) is 96.7 Å². The van der Waals surface area contributed by atoms with Gasteiger partial charge in [-0.1, -0.05) is 37.5 Å². The van der Waals surface area contributed by atoms with Crippen molar-refractivity contribution in [1.82, 2.24) is 9.78 Å². The van der Waals surface area contributed by atoms with Gasteiger partial charge in [0.05, 0.1) is 25.8 Å². The first-order valence-electron chi connectivity index (χ1n) is 11.2. The molecule has 0 atom stereocenters. The smallest absolute Gasteiger partial charge is 0.357 e. The standard InChI is InChI=1S/C26H26N2O6/c1-32-25(30)21-22(27-28(23(21)26(31)33-2)19-11-7-4-8-12-19)17-13-15-20(16-14-17)34-24(29)18-9-5-3-6-10-18/h4,7-8,11-16,18H,3,5-6,9-10H2,1-2H3. The van der Waals surface area contributed by atoms with Gasteiger partial charge in [-0.25, -0.2) is 14.3 Å². The SMILES string of the molecule is COC(=O)c1c(-c2ccc(OC(=O)C3CCCCC3)cc2)nn(-c2ccccc2)c1C(=O)OC. The molecule has 1 aliphatic rings. The van der Waals surface area contributed by atoms with Crippen LogP contribution in [0.5, 0.6) is 5.75 Å². The highest BCUT2D eigenvalue weighted by Gasteiger charge is 2.31. The summed E-state index contributed by atoms with van der Waals surface area (Å²) in [5, 5.41) is 4.56. The monoisotopic (exact) mass is 462 g/mol. The summed E-state index contributed by atoms with van der Waals surface area (Å²) in [5.74, 6) is -1.31. The molecule has 1 saturated carbocycles. The van der Waals surface area contributed by atoms with Crippen LogP contribution in [0.4, 0.5) is 0 Å². The summed E-state index contributed by atoms with van der Waals surface area (Å²) >= 11 is 0. The van der Waals surface area contributed by atoms with Gasteiger partial charge in [0.2, 0.25) is 0 Å². The van der Waals surface area contributed by atoms with Gasteiger partial charge in [0.1, 0.15) is 17.0 Å². The van der Waals surface area contributed by atoms with Crippen molar-refractivity contribution in [3.63, 3.8) is 0 Å². The van der Waals surface area contributed by atoms with Crippen molar-refractivity contribution < 1.29 is 28.6 Å². The molecule has 0 unspecified atom stereocenters. The summed E-state index contributed by atoms with van der Waals surface area (Å²) in [7, 11) is 2.47. The molecule has 0 N–H and O–H groups in total. The Morgan fingerprint density at radius 3 is 2.12 bits per heavy atom. The molecule has 4 rings (SSSR count). The maximum absolute atomic E-state index is 12.7. The van der Waals surface area contributed by atoms with E-state index in [9.17, 15) is 14.4 Å². The number of carbonyl (C=O) groups excluding carboxylic acids is 3. The quantitative estimate of drug-likeness (QED) is 0.390. The van der Waals surface area contributed by atoms with Gasteiger partial charge in [-0.15, -0.1) is 0 Å². The van der Waals surface area contributed by atoms with Crippen LogP contribution >= 0.6 is 0 Å². The second-order valence-corrected chi connectivity index (χ2v) is 8.08. The van der Waals surface area contributed by atoms with Crippen molar-refractivity contribution in [2.45, 2.75) is 32.1 Å². The van der Waals surface area contributed by atoms with Crippen LogP contribution in [0.1, 0.15) is 53.0 Å². The summed E-state index contributed by atoms with van der Waals surface area (Å²) in [6.07, 6.45) is 4.95. The van der Waals surface area contributed by atoms with Crippen LogP contribution in [0.15, 0.2) is 54.6 Å². The van der Waals surface area contributed by atoms with Gasteiger partial charge in [-0.05, 0) is 49.2 Å². The van der Waals surface area contributed by atoms with E-state index in [0.29, 0.717) is 17.0 Å². The van der Waals surface area contributed by atoms with Gasteiger partial charge in [0.25, 0.3) is 0 Å². The average Bonchev–Trinajstić information content (AvgIpc) is 3.30. The molecular formula is C26H26N2O6. The third kappa shape index (κ3) is 4.71. The number of hydrogen-bond donors (Lipinski definition) is 0. The summed E-state index contributed by atoms with van der Waals surface area (Å²) in [6.45, 7) is 0. The molecule has 0 aliphatic heterocycles. The highest BCUT2D eigenvalue weighted by molar-refractivity contribution is 6.06. The number of benzene rings is 2. The van der Waals surface area contributed by atoms with Gasteiger partial charge in [0, 0.05) is 5.56 Å². The Bertz CT molecular complexity index is 1180. The molecule has 0 amide bonds. The fraction of sp³-hybridized carbons (Fsp3) is 0.308. The Morgan fingerprint density at radius 1 is 0.853 bits per heavy atom. The van der Waals surface area contributed by atoms with Gasteiger partial charge < -0.3 is 14.2 Å². The number of carbonyl (C=O) groups is 3. The van der Waals surface area contributed by atoms with E-state index in [1.165, 1.54) is 18.9 Å². The zero-order chi connectivity index (χ0) is 24.1. The van der Waals surface area contributed by atoms with Gasteiger partial charge >= 0.3 is 17.9 Å². The van der Waals surface area contributed by atoms with E-state index < -0.39 is 11.9 Å². The number of para-hydroxylation sites is 1. The lowest BCUT2D eigenvalue weighted by Gasteiger charge is -2.19. The van der Waals surface area contributed by atoms with Crippen LogP contribution < -0.4 is 4.74 Å². The van der Waals surface area contributed by atoms with Crippen LogP contribution in [0.2, 0.25) is 0 Å². The van der Waals surface area contributed by atoms with E-state index in [1.807, 2.05) is 6.07 Å². The predicted molar refractivity (Wildman–Crippen MR) is 124 cm³/mol. The van der Waals surface area contributed by atoms with Crippen LogP contribution in [0.25, 0.3) is 16.9 Å². The Balaban J connectivity index is 1.72. The lowest BCUT2D eigenvalue weighted by molar-refractivity contribution is -0.139. The Morgan fingerprint density at radius 2 is 1.50 bits per heavy atom. The molecule has 34 heavy (non-hydrogen) atoms. The third-order valence-corrected chi connectivity index (χ3v) is 5.94. The maximum Gasteiger partial charge on any atom is 0.357 e. The van der Waals surface area contributed by atoms with Crippen molar-refractivity contribution in [3.8, 4) is 22.7 Å². The summed E-state index contributed by atoms with van der Waals surface area (Å²) < 4.78 is 16.8. The van der Waals surface area contributed by atoms with Crippen LogP contribution in [-0.2, 0) is 14.3 Å². The predicted octanol–water partition coefficient (Wildman–Crippen LogP) is 4.60. The molecule has 0 saturated heterocycles. The van der Waals surface area contributed by atoms with Crippen molar-refractivity contribution in [2.24, 2.45) is 5.92 Å². The minimum absolute atomic E-state index is 0.00912. The largest absolute Gasteiger partial charge is 0.465 e. The van der Waals surface area contributed by atoms with Crippen molar-refractivity contribution in [3.05, 3.63) is 65.9 Å². The Hall–Kier alpha value is -3.94. The van der Waals surface area contributed by atoms with Gasteiger partial charge in [-0.2, -0.15) is 5.10 Å². The van der Waals surface area contributed by atoms with Crippen LogP contribution in [0, 0.1) is 5.92 Å². The molecule has 1 heterocycles. The zero-order valence-electron chi connectivity index (χ0n) is 19.2. The maximum atomic E-state index is 12.7. The van der Waals surface area contributed by atoms with Crippen molar-refractivity contribution >= 4 is 17.9 Å². The van der Waals surface area contributed by atoms with E-state index in [0.717, 1.165) is 32.1 Å². The van der Waals surface area contributed by atoms with Crippen LogP contribution in [0.3, 0.4) is 0 Å². The van der Waals surface area contributed by atoms with Gasteiger partial charge in [0.15, 0.2) is 5.69 Å². The molecule has 2 aromatic carbocycles. The summed E-state index contributed by atoms with van der Waals surface area (Å²) in [4.78, 5) is 37.9. The van der Waals surface area contributed by atoms with E-state index >= 15 is 0 Å². The lowest BCUT2D eigenvalue weighted by atomic mass is 9.89. The minimum Gasteiger partial charge on any atom is -0.465 e. The van der Waals surface area contributed by atoms with Crippen molar-refractivity contribution in [1.29, 1.82) is 0 Å². The molecule has 1 fully saturated rings. The van der Waals surface area contributed by atoms with E-state index in [4.69, 9.17) is 14.2 Å². The molecule has 0 spiro atoms. The number of methoxy groups -OCH3 is 2. The molecule has 3 aromatic rings. The lowest BCUT2D eigenvalue weighted by Crippen LogP contribution is -2.22. The molecule has 1 aliphatic carbocycles. The molecule has 0 radical (unpaired) electrons. The fourth-order valence-corrected chi connectivity index (χ4v) is 4.18. The second kappa shape index (κ2) is 10.3. The highest BCUT2D eigenvalue weighted by atomic mass is 16.5. The second-order valence-electron chi connectivity index (χ2n) is 8.08. The third-order valence-electron chi connectivity index (χ3n) is 5.94. The molecule has 0 bridgehead atoms. The minimum atomic E-state index is -0.721. The Labute approximate surface area is 197 Å². The first-order chi connectivity index (χ1) is 16.5. The molecule has 8 heteroatoms. The number of rotatable bonds is 6. The fourth-order valence-electron chi connectivity index (χ4n) is 4.18. The molecule has 1 aromatic heterocycles. The summed E-state index contributed by atoms with van der Waals surface area (Å²) in [5.41, 5.74) is 1.34. The molecule has 176 valence electrons. The number of aromatic nitrogens is 2. The van der Waals surface area contributed by atoms with Crippen molar-refractivity contribution in [2.75, 3.05) is 14.2 Å². The molecular weight excluding hydrogens is 436 g/mol. The summed E-state index contributed by atoms with van der Waals surface area (Å²) in [6, 6.07) is 15.6. The van der Waals surface area contributed by atoms with E-state index in [-0.39, 0.29) is 28.8 Å².